The maximum atomic E-state index is 12.3. The fourth-order valence-electron chi connectivity index (χ4n) is 4.14. The highest BCUT2D eigenvalue weighted by Crippen LogP contribution is 2.32. The minimum absolute atomic E-state index is 0.321. The van der Waals surface area contributed by atoms with Crippen LogP contribution in [0.25, 0.3) is 0 Å². The quantitative estimate of drug-likeness (QED) is 0.781. The van der Waals surface area contributed by atoms with Crippen molar-refractivity contribution in [1.29, 1.82) is 0 Å². The number of likely N-dealkylation sites (tertiary alicyclic amines) is 1. The van der Waals surface area contributed by atoms with Gasteiger partial charge in [-0.25, -0.2) is 0 Å². The van der Waals surface area contributed by atoms with Gasteiger partial charge in [0.2, 0.25) is 5.91 Å². The molecule has 4 heteroatoms. The molecule has 0 unspecified atom stereocenters. The molecule has 0 aromatic rings. The summed E-state index contributed by atoms with van der Waals surface area (Å²) in [5.41, 5.74) is 0. The Bertz CT molecular complexity index is 367. The highest BCUT2D eigenvalue weighted by Gasteiger charge is 2.39. The fraction of sp³-hybridized carbons (Fsp3) is 0.938. The second-order valence-electron chi connectivity index (χ2n) is 7.19. The molecule has 2 atom stereocenters. The van der Waals surface area contributed by atoms with Crippen LogP contribution in [0.5, 0.6) is 0 Å². The molecular weight excluding hydrogens is 250 g/mol. The van der Waals surface area contributed by atoms with E-state index in [1.54, 1.807) is 0 Å². The molecule has 3 aliphatic rings. The van der Waals surface area contributed by atoms with Crippen molar-refractivity contribution in [2.75, 3.05) is 26.7 Å². The van der Waals surface area contributed by atoms with Gasteiger partial charge in [-0.15, -0.1) is 0 Å². The Hall–Kier alpha value is -0.610. The predicted octanol–water partition coefficient (Wildman–Crippen LogP) is 1.55. The Morgan fingerprint density at radius 3 is 2.50 bits per heavy atom. The van der Waals surface area contributed by atoms with E-state index in [2.05, 4.69) is 23.6 Å². The highest BCUT2D eigenvalue weighted by molar-refractivity contribution is 5.78. The van der Waals surface area contributed by atoms with Crippen LogP contribution in [-0.4, -0.2) is 71.5 Å². The second kappa shape index (κ2) is 5.64. The molecule has 1 saturated carbocycles. The van der Waals surface area contributed by atoms with Gasteiger partial charge in [-0.3, -0.25) is 14.6 Å². The van der Waals surface area contributed by atoms with Crippen LogP contribution in [0.15, 0.2) is 0 Å². The van der Waals surface area contributed by atoms with E-state index in [-0.39, 0.29) is 0 Å². The first-order chi connectivity index (χ1) is 9.56. The molecule has 0 aromatic carbocycles. The van der Waals surface area contributed by atoms with Crippen molar-refractivity contribution in [3.8, 4) is 0 Å². The maximum Gasteiger partial charge on any atom is 0.236 e. The molecule has 2 bridgehead atoms. The molecule has 0 radical (unpaired) electrons. The molecule has 20 heavy (non-hydrogen) atoms. The molecule has 0 aromatic heterocycles. The monoisotopic (exact) mass is 279 g/mol. The number of carbonyl (C=O) groups excluding carboxylic acids is 1. The molecule has 4 nitrogen and oxygen atoms in total. The van der Waals surface area contributed by atoms with Gasteiger partial charge in [0.25, 0.3) is 0 Å². The Morgan fingerprint density at radius 2 is 1.85 bits per heavy atom. The van der Waals surface area contributed by atoms with E-state index >= 15 is 0 Å². The van der Waals surface area contributed by atoms with Gasteiger partial charge < -0.3 is 4.90 Å². The molecule has 114 valence electrons. The third kappa shape index (κ3) is 2.86. The highest BCUT2D eigenvalue weighted by atomic mass is 16.2. The molecule has 2 heterocycles. The summed E-state index contributed by atoms with van der Waals surface area (Å²) in [6.07, 6.45) is 6.30. The number of carbonyl (C=O) groups is 1. The van der Waals surface area contributed by atoms with Crippen LogP contribution in [-0.2, 0) is 4.79 Å². The van der Waals surface area contributed by atoms with E-state index in [4.69, 9.17) is 0 Å². The van der Waals surface area contributed by atoms with E-state index in [0.717, 1.165) is 19.1 Å². The van der Waals surface area contributed by atoms with Gasteiger partial charge in [-0.2, -0.15) is 0 Å². The van der Waals surface area contributed by atoms with Gasteiger partial charge in [0.05, 0.1) is 6.54 Å². The Kier molecular flexibility index (Phi) is 4.04. The zero-order valence-corrected chi connectivity index (χ0v) is 13.2. The molecule has 3 rings (SSSR count). The lowest BCUT2D eigenvalue weighted by molar-refractivity contribution is -0.131. The van der Waals surface area contributed by atoms with Crippen molar-refractivity contribution in [3.05, 3.63) is 0 Å². The summed E-state index contributed by atoms with van der Waals surface area (Å²) in [6, 6.07) is 2.60. The Labute approximate surface area is 123 Å². The summed E-state index contributed by atoms with van der Waals surface area (Å²) < 4.78 is 0. The average Bonchev–Trinajstić information content (AvgIpc) is 3.16. The van der Waals surface area contributed by atoms with E-state index in [1.165, 1.54) is 32.1 Å². The number of likely N-dealkylation sites (N-methyl/N-ethyl adjacent to an activating group) is 1. The topological polar surface area (TPSA) is 26.8 Å². The van der Waals surface area contributed by atoms with Crippen molar-refractivity contribution in [3.63, 3.8) is 0 Å². The van der Waals surface area contributed by atoms with E-state index in [9.17, 15) is 4.79 Å². The lowest BCUT2D eigenvalue weighted by Crippen LogP contribution is -2.45. The summed E-state index contributed by atoms with van der Waals surface area (Å²) in [6.45, 7) is 7.43. The number of fused-ring (bicyclic) bond motifs is 2. The normalized spacial score (nSPS) is 31.6. The van der Waals surface area contributed by atoms with Crippen LogP contribution < -0.4 is 0 Å². The lowest BCUT2D eigenvalue weighted by Gasteiger charge is -2.32. The third-order valence-corrected chi connectivity index (χ3v) is 5.37. The Morgan fingerprint density at radius 1 is 1.15 bits per heavy atom. The average molecular weight is 279 g/mol. The van der Waals surface area contributed by atoms with Gasteiger partial charge in [0.15, 0.2) is 0 Å². The molecule has 2 aliphatic heterocycles. The van der Waals surface area contributed by atoms with E-state index in [1.807, 2.05) is 11.9 Å². The van der Waals surface area contributed by atoms with Crippen LogP contribution in [0.4, 0.5) is 0 Å². The standard InChI is InChI=1S/C16H29N3O/c1-12(2)19-14-6-7-15(19)10-18(9-8-14)11-16(20)17(3)13-4-5-13/h12-15H,4-11H2,1-3H3/t14-,15-/m0/s1. The zero-order chi connectivity index (χ0) is 14.3. The van der Waals surface area contributed by atoms with E-state index < -0.39 is 0 Å². The number of amides is 1. The SMILES string of the molecule is CC(C)N1[C@H]2CC[C@H]1CN(CC(=O)N(C)C1CC1)CC2. The lowest BCUT2D eigenvalue weighted by atomic mass is 10.1. The second-order valence-corrected chi connectivity index (χ2v) is 7.19. The van der Waals surface area contributed by atoms with Crippen molar-refractivity contribution in [2.45, 2.75) is 70.1 Å². The van der Waals surface area contributed by atoms with Crippen molar-refractivity contribution in [2.24, 2.45) is 0 Å². The zero-order valence-electron chi connectivity index (χ0n) is 13.2. The van der Waals surface area contributed by atoms with Crippen LogP contribution in [0.2, 0.25) is 0 Å². The minimum Gasteiger partial charge on any atom is -0.342 e. The van der Waals surface area contributed by atoms with Crippen molar-refractivity contribution in [1.82, 2.24) is 14.7 Å². The molecule has 0 spiro atoms. The molecule has 0 N–H and O–H groups in total. The van der Waals surface area contributed by atoms with Crippen LogP contribution >= 0.6 is 0 Å². The summed E-state index contributed by atoms with van der Waals surface area (Å²) in [4.78, 5) is 19.4. The molecule has 1 amide bonds. The molecule has 3 fully saturated rings. The number of hydrogen-bond acceptors (Lipinski definition) is 3. The number of nitrogens with zero attached hydrogens (tertiary/aromatic N) is 3. The first kappa shape index (κ1) is 14.3. The van der Waals surface area contributed by atoms with Gasteiger partial charge >= 0.3 is 0 Å². The summed E-state index contributed by atoms with van der Waals surface area (Å²) in [7, 11) is 1.98. The molecule has 1 aliphatic carbocycles. The first-order valence-corrected chi connectivity index (χ1v) is 8.31. The summed E-state index contributed by atoms with van der Waals surface area (Å²) in [5.74, 6) is 0.321. The maximum absolute atomic E-state index is 12.3. The van der Waals surface area contributed by atoms with E-state index in [0.29, 0.717) is 30.6 Å². The molecule has 2 saturated heterocycles. The van der Waals surface area contributed by atoms with Gasteiger partial charge in [-0.05, 0) is 46.0 Å². The fourth-order valence-corrected chi connectivity index (χ4v) is 4.14. The van der Waals surface area contributed by atoms with Crippen LogP contribution in [0, 0.1) is 0 Å². The van der Waals surface area contributed by atoms with Gasteiger partial charge in [-0.1, -0.05) is 0 Å². The van der Waals surface area contributed by atoms with Gasteiger partial charge in [0, 0.05) is 44.3 Å². The molecular formula is C16H29N3O. The Balaban J connectivity index is 1.58. The van der Waals surface area contributed by atoms with Crippen molar-refractivity contribution >= 4 is 5.91 Å². The third-order valence-electron chi connectivity index (χ3n) is 5.37. The summed E-state index contributed by atoms with van der Waals surface area (Å²) >= 11 is 0. The van der Waals surface area contributed by atoms with Crippen LogP contribution in [0.1, 0.15) is 46.0 Å². The largest absolute Gasteiger partial charge is 0.342 e. The predicted molar refractivity (Wildman–Crippen MR) is 80.6 cm³/mol. The van der Waals surface area contributed by atoms with Gasteiger partial charge in [0.1, 0.15) is 0 Å². The van der Waals surface area contributed by atoms with Crippen LogP contribution in [0.3, 0.4) is 0 Å². The number of rotatable bonds is 4. The minimum atomic E-state index is 0.321. The first-order valence-electron chi connectivity index (χ1n) is 8.31. The number of hydrogen-bond donors (Lipinski definition) is 0. The summed E-state index contributed by atoms with van der Waals surface area (Å²) in [5, 5.41) is 0. The van der Waals surface area contributed by atoms with Crippen molar-refractivity contribution < 1.29 is 4.79 Å². The smallest absolute Gasteiger partial charge is 0.236 e.